The summed E-state index contributed by atoms with van der Waals surface area (Å²) < 4.78 is 0. The summed E-state index contributed by atoms with van der Waals surface area (Å²) in [6.07, 6.45) is 3.44. The van der Waals surface area contributed by atoms with E-state index in [1.54, 1.807) is 12.4 Å². The predicted molar refractivity (Wildman–Crippen MR) is 64.1 cm³/mol. The van der Waals surface area contributed by atoms with E-state index in [0.29, 0.717) is 6.04 Å². The number of rotatable bonds is 5. The molecule has 0 saturated heterocycles. The van der Waals surface area contributed by atoms with Crippen LogP contribution < -0.4 is 5.32 Å². The third-order valence-electron chi connectivity index (χ3n) is 2.49. The zero-order chi connectivity index (χ0) is 11.3. The first kappa shape index (κ1) is 12.4. The molecule has 1 atom stereocenters. The molecule has 1 unspecified atom stereocenters. The second-order valence-corrected chi connectivity index (χ2v) is 4.32. The zero-order valence-electron chi connectivity index (χ0n) is 9.50. The minimum atomic E-state index is 0.519. The fraction of sp³-hybridized carbons (Fsp3) is 0.545. The number of pyridine rings is 1. The van der Waals surface area contributed by atoms with Crippen molar-refractivity contribution < 1.29 is 0 Å². The number of aromatic nitrogens is 1. The van der Waals surface area contributed by atoms with Crippen LogP contribution in [0.3, 0.4) is 0 Å². The van der Waals surface area contributed by atoms with E-state index in [0.717, 1.165) is 23.7 Å². The molecule has 1 rings (SSSR count). The SMILES string of the molecule is CC(CNCc1ccncc1Cl)N(C)C. The summed E-state index contributed by atoms with van der Waals surface area (Å²) in [5, 5.41) is 4.09. The van der Waals surface area contributed by atoms with Crippen molar-refractivity contribution >= 4 is 11.6 Å². The molecule has 1 aromatic heterocycles. The van der Waals surface area contributed by atoms with Crippen molar-refractivity contribution in [3.05, 3.63) is 29.0 Å². The third kappa shape index (κ3) is 4.16. The standard InChI is InChI=1S/C11H18ClN3/c1-9(15(2)3)6-14-7-10-4-5-13-8-11(10)12/h4-5,8-9,14H,6-7H2,1-3H3. The van der Waals surface area contributed by atoms with Gasteiger partial charge in [-0.3, -0.25) is 4.98 Å². The van der Waals surface area contributed by atoms with Crippen LogP contribution in [-0.4, -0.2) is 36.6 Å². The van der Waals surface area contributed by atoms with Crippen molar-refractivity contribution in [2.75, 3.05) is 20.6 Å². The summed E-state index contributed by atoms with van der Waals surface area (Å²) in [6.45, 7) is 3.92. The smallest absolute Gasteiger partial charge is 0.0634 e. The van der Waals surface area contributed by atoms with Gasteiger partial charge in [-0.15, -0.1) is 0 Å². The Balaban J connectivity index is 2.35. The van der Waals surface area contributed by atoms with Crippen LogP contribution in [0.4, 0.5) is 0 Å². The fourth-order valence-corrected chi connectivity index (χ4v) is 1.33. The number of halogens is 1. The largest absolute Gasteiger partial charge is 0.311 e. The molecule has 0 aliphatic rings. The molecule has 0 saturated carbocycles. The molecule has 0 bridgehead atoms. The lowest BCUT2D eigenvalue weighted by Gasteiger charge is -2.20. The second-order valence-electron chi connectivity index (χ2n) is 3.91. The van der Waals surface area contributed by atoms with Gasteiger partial charge in [0, 0.05) is 31.5 Å². The average Bonchev–Trinajstić information content (AvgIpc) is 2.20. The van der Waals surface area contributed by atoms with E-state index in [-0.39, 0.29) is 0 Å². The van der Waals surface area contributed by atoms with Gasteiger partial charge in [-0.1, -0.05) is 11.6 Å². The first-order chi connectivity index (χ1) is 7.11. The molecule has 3 nitrogen and oxygen atoms in total. The minimum absolute atomic E-state index is 0.519. The predicted octanol–water partition coefficient (Wildman–Crippen LogP) is 1.77. The van der Waals surface area contributed by atoms with E-state index >= 15 is 0 Å². The fourth-order valence-electron chi connectivity index (χ4n) is 1.15. The van der Waals surface area contributed by atoms with Crippen LogP contribution in [0.1, 0.15) is 12.5 Å². The number of nitrogens with zero attached hydrogens (tertiary/aromatic N) is 2. The Kier molecular flexibility index (Phi) is 5.02. The van der Waals surface area contributed by atoms with E-state index in [1.807, 2.05) is 6.07 Å². The van der Waals surface area contributed by atoms with Gasteiger partial charge in [0.15, 0.2) is 0 Å². The highest BCUT2D eigenvalue weighted by atomic mass is 35.5. The van der Waals surface area contributed by atoms with Crippen LogP contribution >= 0.6 is 11.6 Å². The topological polar surface area (TPSA) is 28.2 Å². The first-order valence-electron chi connectivity index (χ1n) is 5.06. The van der Waals surface area contributed by atoms with Gasteiger partial charge in [-0.05, 0) is 32.6 Å². The summed E-state index contributed by atoms with van der Waals surface area (Å²) in [5.74, 6) is 0. The van der Waals surface area contributed by atoms with Crippen LogP contribution in [0, 0.1) is 0 Å². The van der Waals surface area contributed by atoms with Crippen molar-refractivity contribution in [2.24, 2.45) is 0 Å². The zero-order valence-corrected chi connectivity index (χ0v) is 10.3. The Labute approximate surface area is 96.5 Å². The van der Waals surface area contributed by atoms with Crippen molar-refractivity contribution in [3.8, 4) is 0 Å². The number of likely N-dealkylation sites (N-methyl/N-ethyl adjacent to an activating group) is 1. The normalized spacial score (nSPS) is 13.1. The van der Waals surface area contributed by atoms with Crippen molar-refractivity contribution in [1.82, 2.24) is 15.2 Å². The molecule has 0 amide bonds. The van der Waals surface area contributed by atoms with Gasteiger partial charge >= 0.3 is 0 Å². The van der Waals surface area contributed by atoms with Crippen molar-refractivity contribution in [3.63, 3.8) is 0 Å². The molecule has 0 aliphatic carbocycles. The molecule has 0 spiro atoms. The summed E-state index contributed by atoms with van der Waals surface area (Å²) in [4.78, 5) is 6.13. The lowest BCUT2D eigenvalue weighted by Crippen LogP contribution is -2.35. The monoisotopic (exact) mass is 227 g/mol. The van der Waals surface area contributed by atoms with Crippen LogP contribution in [-0.2, 0) is 6.54 Å². The molecule has 15 heavy (non-hydrogen) atoms. The maximum Gasteiger partial charge on any atom is 0.0634 e. The van der Waals surface area contributed by atoms with Gasteiger partial charge in [0.25, 0.3) is 0 Å². The highest BCUT2D eigenvalue weighted by molar-refractivity contribution is 6.31. The maximum absolute atomic E-state index is 5.99. The lowest BCUT2D eigenvalue weighted by molar-refractivity contribution is 0.302. The Morgan fingerprint density at radius 1 is 1.53 bits per heavy atom. The Bertz CT molecular complexity index is 302. The quantitative estimate of drug-likeness (QED) is 0.831. The summed E-state index contributed by atoms with van der Waals surface area (Å²) in [7, 11) is 4.15. The summed E-state index contributed by atoms with van der Waals surface area (Å²) >= 11 is 5.99. The third-order valence-corrected chi connectivity index (χ3v) is 2.83. The molecule has 0 radical (unpaired) electrons. The second kappa shape index (κ2) is 6.05. The molecule has 0 aromatic carbocycles. The molecule has 1 aromatic rings. The lowest BCUT2D eigenvalue weighted by atomic mass is 10.2. The molecular formula is C11H18ClN3. The van der Waals surface area contributed by atoms with E-state index in [4.69, 9.17) is 11.6 Å². The number of hydrogen-bond donors (Lipinski definition) is 1. The number of nitrogens with one attached hydrogen (secondary N) is 1. The van der Waals surface area contributed by atoms with Gasteiger partial charge in [0.1, 0.15) is 0 Å². The van der Waals surface area contributed by atoms with E-state index in [9.17, 15) is 0 Å². The van der Waals surface area contributed by atoms with E-state index < -0.39 is 0 Å². The van der Waals surface area contributed by atoms with Gasteiger partial charge < -0.3 is 10.2 Å². The highest BCUT2D eigenvalue weighted by Crippen LogP contribution is 2.12. The van der Waals surface area contributed by atoms with Crippen molar-refractivity contribution in [1.29, 1.82) is 0 Å². The van der Waals surface area contributed by atoms with Gasteiger partial charge in [-0.2, -0.15) is 0 Å². The first-order valence-corrected chi connectivity index (χ1v) is 5.44. The van der Waals surface area contributed by atoms with Crippen LogP contribution in [0.25, 0.3) is 0 Å². The minimum Gasteiger partial charge on any atom is -0.311 e. The Hall–Kier alpha value is -0.640. The van der Waals surface area contributed by atoms with Crippen molar-refractivity contribution in [2.45, 2.75) is 19.5 Å². The molecule has 1 N–H and O–H groups in total. The average molecular weight is 228 g/mol. The van der Waals surface area contributed by atoms with Gasteiger partial charge in [0.2, 0.25) is 0 Å². The number of hydrogen-bond acceptors (Lipinski definition) is 3. The molecule has 84 valence electrons. The summed E-state index contributed by atoms with van der Waals surface area (Å²) in [5.41, 5.74) is 1.10. The van der Waals surface area contributed by atoms with E-state index in [2.05, 4.69) is 36.2 Å². The molecule has 0 aliphatic heterocycles. The van der Waals surface area contributed by atoms with Crippen LogP contribution in [0.15, 0.2) is 18.5 Å². The van der Waals surface area contributed by atoms with E-state index in [1.165, 1.54) is 0 Å². The molecule has 0 fully saturated rings. The highest BCUT2D eigenvalue weighted by Gasteiger charge is 2.04. The molecular weight excluding hydrogens is 210 g/mol. The van der Waals surface area contributed by atoms with Gasteiger partial charge in [0.05, 0.1) is 5.02 Å². The maximum atomic E-state index is 5.99. The summed E-state index contributed by atoms with van der Waals surface area (Å²) in [6, 6.07) is 2.46. The molecule has 1 heterocycles. The van der Waals surface area contributed by atoms with Crippen LogP contribution in [0.5, 0.6) is 0 Å². The van der Waals surface area contributed by atoms with Crippen LogP contribution in [0.2, 0.25) is 5.02 Å². The Morgan fingerprint density at radius 3 is 2.87 bits per heavy atom. The Morgan fingerprint density at radius 2 is 2.27 bits per heavy atom. The molecule has 4 heteroatoms. The van der Waals surface area contributed by atoms with Gasteiger partial charge in [-0.25, -0.2) is 0 Å².